The van der Waals surface area contributed by atoms with E-state index < -0.39 is 6.17 Å². The highest BCUT2D eigenvalue weighted by molar-refractivity contribution is 4.83. The van der Waals surface area contributed by atoms with Crippen LogP contribution in [0.15, 0.2) is 0 Å². The minimum absolute atomic E-state index is 0.139. The lowest BCUT2D eigenvalue weighted by atomic mass is 10.2. The van der Waals surface area contributed by atoms with Gasteiger partial charge in [0.25, 0.3) is 0 Å². The maximum absolute atomic E-state index is 12.9. The Morgan fingerprint density at radius 1 is 1.40 bits per heavy atom. The minimum Gasteiger partial charge on any atom is -0.309 e. The average Bonchev–Trinajstić information content (AvgIpc) is 2.15. The van der Waals surface area contributed by atoms with Gasteiger partial charge in [-0.25, -0.2) is 4.39 Å². The van der Waals surface area contributed by atoms with Gasteiger partial charge in [-0.15, -0.1) is 0 Å². The zero-order valence-electron chi connectivity index (χ0n) is 6.73. The van der Waals surface area contributed by atoms with E-state index in [9.17, 15) is 4.39 Å². The molecule has 1 saturated carbocycles. The van der Waals surface area contributed by atoms with Crippen molar-refractivity contribution in [2.24, 2.45) is 0 Å². The van der Waals surface area contributed by atoms with Crippen LogP contribution in [0.2, 0.25) is 0 Å². The molecule has 0 amide bonds. The molecule has 2 atom stereocenters. The summed E-state index contributed by atoms with van der Waals surface area (Å²) in [5.74, 6) is 0. The molecule has 1 N–H and O–H groups in total. The van der Waals surface area contributed by atoms with Gasteiger partial charge in [-0.1, -0.05) is 13.8 Å². The molecule has 0 aromatic rings. The molecule has 0 saturated heterocycles. The second kappa shape index (κ2) is 3.33. The largest absolute Gasteiger partial charge is 0.309 e. The molecule has 1 rings (SSSR count). The van der Waals surface area contributed by atoms with Crippen LogP contribution in [0.5, 0.6) is 0 Å². The molecule has 10 heavy (non-hydrogen) atoms. The molecular formula is C8H16FN. The highest BCUT2D eigenvalue weighted by atomic mass is 19.1. The summed E-state index contributed by atoms with van der Waals surface area (Å²) in [6.07, 6.45) is 2.22. The first kappa shape index (κ1) is 7.99. The Morgan fingerprint density at radius 3 is 2.50 bits per heavy atom. The van der Waals surface area contributed by atoms with E-state index in [2.05, 4.69) is 19.2 Å². The second-order valence-corrected chi connectivity index (χ2v) is 3.37. The summed E-state index contributed by atoms with van der Waals surface area (Å²) >= 11 is 0. The average molecular weight is 145 g/mol. The van der Waals surface area contributed by atoms with Gasteiger partial charge in [-0.05, 0) is 19.3 Å². The smallest absolute Gasteiger partial charge is 0.115 e. The summed E-state index contributed by atoms with van der Waals surface area (Å²) in [6.45, 7) is 4.12. The number of nitrogens with one attached hydrogen (secondary N) is 1. The predicted octanol–water partition coefficient (Wildman–Crippen LogP) is 1.88. The molecule has 0 bridgehead atoms. The molecule has 0 aliphatic heterocycles. The van der Waals surface area contributed by atoms with Crippen molar-refractivity contribution in [1.29, 1.82) is 0 Å². The van der Waals surface area contributed by atoms with E-state index in [4.69, 9.17) is 0 Å². The van der Waals surface area contributed by atoms with Gasteiger partial charge in [0.2, 0.25) is 0 Å². The Balaban J connectivity index is 2.26. The first-order valence-corrected chi connectivity index (χ1v) is 4.10. The van der Waals surface area contributed by atoms with Crippen molar-refractivity contribution in [3.63, 3.8) is 0 Å². The van der Waals surface area contributed by atoms with Gasteiger partial charge in [-0.2, -0.15) is 0 Å². The van der Waals surface area contributed by atoms with Gasteiger partial charge in [0.1, 0.15) is 6.17 Å². The molecule has 1 nitrogen and oxygen atoms in total. The fourth-order valence-electron chi connectivity index (χ4n) is 1.53. The Labute approximate surface area is 62.0 Å². The van der Waals surface area contributed by atoms with Gasteiger partial charge < -0.3 is 5.32 Å². The topological polar surface area (TPSA) is 12.0 Å². The summed E-state index contributed by atoms with van der Waals surface area (Å²) in [5.41, 5.74) is 0. The van der Waals surface area contributed by atoms with E-state index in [0.717, 1.165) is 19.3 Å². The SMILES string of the molecule is CC(C)N[C@H]1CCC[C@@H]1F. The number of halogens is 1. The molecule has 1 aliphatic rings. The molecule has 0 spiro atoms. The standard InChI is InChI=1S/C8H16FN/c1-6(2)10-8-5-3-4-7(8)9/h6-8,10H,3-5H2,1-2H3/t7-,8-/m0/s1. The van der Waals surface area contributed by atoms with Crippen LogP contribution in [0.25, 0.3) is 0 Å². The highest BCUT2D eigenvalue weighted by Gasteiger charge is 2.26. The van der Waals surface area contributed by atoms with Crippen LogP contribution in [-0.2, 0) is 0 Å². The maximum Gasteiger partial charge on any atom is 0.115 e. The molecule has 0 radical (unpaired) electrons. The van der Waals surface area contributed by atoms with Crippen LogP contribution >= 0.6 is 0 Å². The Morgan fingerprint density at radius 2 is 2.10 bits per heavy atom. The summed E-state index contributed by atoms with van der Waals surface area (Å²) in [6, 6.07) is 0.557. The van der Waals surface area contributed by atoms with Gasteiger partial charge in [0, 0.05) is 12.1 Å². The van der Waals surface area contributed by atoms with E-state index in [1.165, 1.54) is 0 Å². The molecular weight excluding hydrogens is 129 g/mol. The first-order valence-electron chi connectivity index (χ1n) is 4.10. The van der Waals surface area contributed by atoms with Crippen LogP contribution in [0.4, 0.5) is 4.39 Å². The van der Waals surface area contributed by atoms with Crippen molar-refractivity contribution in [1.82, 2.24) is 5.32 Å². The van der Waals surface area contributed by atoms with Gasteiger partial charge in [-0.3, -0.25) is 0 Å². The number of alkyl halides is 1. The number of hydrogen-bond acceptors (Lipinski definition) is 1. The van der Waals surface area contributed by atoms with Crippen LogP contribution < -0.4 is 5.32 Å². The van der Waals surface area contributed by atoms with Gasteiger partial charge in [0.05, 0.1) is 0 Å². The zero-order valence-corrected chi connectivity index (χ0v) is 6.73. The summed E-state index contributed by atoms with van der Waals surface area (Å²) < 4.78 is 12.9. The highest BCUT2D eigenvalue weighted by Crippen LogP contribution is 2.21. The van der Waals surface area contributed by atoms with Gasteiger partial charge in [0.15, 0.2) is 0 Å². The van der Waals surface area contributed by atoms with E-state index in [1.54, 1.807) is 0 Å². The number of rotatable bonds is 2. The maximum atomic E-state index is 12.9. The van der Waals surface area contributed by atoms with Crippen molar-refractivity contribution in [3.8, 4) is 0 Å². The minimum atomic E-state index is -0.595. The van der Waals surface area contributed by atoms with E-state index >= 15 is 0 Å². The molecule has 1 aliphatic carbocycles. The Kier molecular flexibility index (Phi) is 2.66. The van der Waals surface area contributed by atoms with Crippen molar-refractivity contribution in [2.45, 2.75) is 51.4 Å². The van der Waals surface area contributed by atoms with Gasteiger partial charge >= 0.3 is 0 Å². The third-order valence-electron chi connectivity index (χ3n) is 1.98. The fraction of sp³-hybridized carbons (Fsp3) is 1.00. The second-order valence-electron chi connectivity index (χ2n) is 3.37. The molecule has 60 valence electrons. The van der Waals surface area contributed by atoms with Crippen LogP contribution in [0.1, 0.15) is 33.1 Å². The molecule has 0 heterocycles. The third kappa shape index (κ3) is 1.94. The molecule has 1 fully saturated rings. The lowest BCUT2D eigenvalue weighted by Gasteiger charge is -2.17. The zero-order chi connectivity index (χ0) is 7.56. The molecule has 2 heteroatoms. The van der Waals surface area contributed by atoms with E-state index in [1.807, 2.05) is 0 Å². The lowest BCUT2D eigenvalue weighted by molar-refractivity contribution is 0.270. The Hall–Kier alpha value is -0.110. The van der Waals surface area contributed by atoms with Crippen molar-refractivity contribution in [2.75, 3.05) is 0 Å². The molecule has 0 aromatic heterocycles. The quantitative estimate of drug-likeness (QED) is 0.625. The monoisotopic (exact) mass is 145 g/mol. The van der Waals surface area contributed by atoms with Crippen LogP contribution in [0.3, 0.4) is 0 Å². The van der Waals surface area contributed by atoms with Crippen molar-refractivity contribution < 1.29 is 4.39 Å². The summed E-state index contributed by atoms with van der Waals surface area (Å²) in [4.78, 5) is 0. The summed E-state index contributed by atoms with van der Waals surface area (Å²) in [7, 11) is 0. The Bertz CT molecular complexity index is 103. The molecule has 0 unspecified atom stereocenters. The van der Waals surface area contributed by atoms with E-state index in [-0.39, 0.29) is 6.04 Å². The fourth-order valence-corrected chi connectivity index (χ4v) is 1.53. The van der Waals surface area contributed by atoms with Crippen molar-refractivity contribution >= 4 is 0 Å². The van der Waals surface area contributed by atoms with Crippen LogP contribution in [-0.4, -0.2) is 18.3 Å². The molecule has 0 aromatic carbocycles. The normalized spacial score (nSPS) is 33.6. The summed E-state index contributed by atoms with van der Waals surface area (Å²) in [5, 5.41) is 3.22. The van der Waals surface area contributed by atoms with Crippen LogP contribution in [0, 0.1) is 0 Å². The third-order valence-corrected chi connectivity index (χ3v) is 1.98. The van der Waals surface area contributed by atoms with Crippen molar-refractivity contribution in [3.05, 3.63) is 0 Å². The first-order chi connectivity index (χ1) is 4.70. The number of hydrogen-bond donors (Lipinski definition) is 1. The van der Waals surface area contributed by atoms with E-state index in [0.29, 0.717) is 6.04 Å². The lowest BCUT2D eigenvalue weighted by Crippen LogP contribution is -2.38. The predicted molar refractivity (Wildman–Crippen MR) is 40.8 cm³/mol.